The highest BCUT2D eigenvalue weighted by molar-refractivity contribution is 7.00. The Hall–Kier alpha value is -6.20. The number of amides is 4. The van der Waals surface area contributed by atoms with Crippen molar-refractivity contribution < 1.29 is 38.2 Å². The van der Waals surface area contributed by atoms with Crippen LogP contribution in [0.5, 0.6) is 11.5 Å². The van der Waals surface area contributed by atoms with Crippen molar-refractivity contribution in [3.8, 4) is 11.5 Å². The number of ether oxygens (including phenoxy) is 2. The quantitative estimate of drug-likeness (QED) is 0.123. The largest absolute Gasteiger partial charge is 0.423 e. The third kappa shape index (κ3) is 6.20. The van der Waals surface area contributed by atoms with Gasteiger partial charge in [0.1, 0.15) is 19.6 Å². The fourth-order valence-electron chi connectivity index (χ4n) is 5.18. The molecule has 0 unspecified atom stereocenters. The topological polar surface area (TPSA) is 127 Å². The van der Waals surface area contributed by atoms with Crippen molar-refractivity contribution in [2.24, 2.45) is 0 Å². The van der Waals surface area contributed by atoms with Gasteiger partial charge in [-0.25, -0.2) is 19.4 Å². The van der Waals surface area contributed by atoms with Gasteiger partial charge >= 0.3 is 11.9 Å². The normalized spacial score (nSPS) is 14.3. The molecule has 0 atom stereocenters. The molecule has 6 rings (SSSR count). The molecule has 4 aromatic carbocycles. The Bertz CT molecular complexity index is 1820. The average molecular weight is 643 g/mol. The fourth-order valence-corrected chi connectivity index (χ4v) is 7.51. The number of imide groups is 2. The maximum atomic E-state index is 12.8. The summed E-state index contributed by atoms with van der Waals surface area (Å²) in [7, 11) is -2.21. The van der Waals surface area contributed by atoms with Crippen LogP contribution >= 0.6 is 0 Å². The predicted octanol–water partition coefficient (Wildman–Crippen LogP) is 3.81. The van der Waals surface area contributed by atoms with Crippen molar-refractivity contribution in [3.05, 3.63) is 132 Å². The number of benzene rings is 4. The van der Waals surface area contributed by atoms with Crippen LogP contribution in [0.4, 0.5) is 11.4 Å². The summed E-state index contributed by atoms with van der Waals surface area (Å²) in [4.78, 5) is 75.2. The minimum atomic E-state index is -2.21. The van der Waals surface area contributed by atoms with Gasteiger partial charge in [-0.1, -0.05) is 47.7 Å². The molecule has 0 bridgehead atoms. The molecule has 0 saturated heterocycles. The number of anilines is 2. The maximum absolute atomic E-state index is 12.8. The van der Waals surface area contributed by atoms with Crippen LogP contribution in [0, 0.1) is 0 Å². The van der Waals surface area contributed by atoms with Gasteiger partial charge in [-0.2, -0.15) is 0 Å². The summed E-state index contributed by atoms with van der Waals surface area (Å²) in [5, 5.41) is 2.13. The average Bonchev–Trinajstić information content (AvgIpc) is 3.60. The minimum absolute atomic E-state index is 0.271. The molecule has 0 aliphatic carbocycles. The summed E-state index contributed by atoms with van der Waals surface area (Å²) in [6, 6.07) is 26.6. The van der Waals surface area contributed by atoms with Crippen LogP contribution in [-0.2, 0) is 19.2 Å². The van der Waals surface area contributed by atoms with Crippen LogP contribution in [0.2, 0.25) is 13.1 Å². The number of rotatable bonds is 8. The first-order chi connectivity index (χ1) is 22.5. The van der Waals surface area contributed by atoms with E-state index in [-0.39, 0.29) is 11.5 Å². The molecular weight excluding hydrogens is 616 g/mol. The van der Waals surface area contributed by atoms with Gasteiger partial charge in [0, 0.05) is 24.3 Å². The SMILES string of the molecule is C[Si](C)(c1ccc(C(=O)Oc2ccc(N3C(=O)C=CC3=O)cc2)cc1)c1ccc(C(=O)Oc2ccc(N3C(=O)C=CC3=O)cc2)cc1. The minimum Gasteiger partial charge on any atom is -0.423 e. The molecule has 0 spiro atoms. The van der Waals surface area contributed by atoms with Gasteiger partial charge in [0.2, 0.25) is 0 Å². The number of hydrogen-bond donors (Lipinski definition) is 0. The van der Waals surface area contributed by atoms with Crippen LogP contribution in [0.1, 0.15) is 20.7 Å². The number of hydrogen-bond acceptors (Lipinski definition) is 8. The third-order valence-electron chi connectivity index (χ3n) is 7.91. The fraction of sp³-hybridized carbons (Fsp3) is 0.0556. The lowest BCUT2D eigenvalue weighted by atomic mass is 10.2. The van der Waals surface area contributed by atoms with Gasteiger partial charge < -0.3 is 9.47 Å². The Balaban J connectivity index is 1.07. The molecule has 47 heavy (non-hydrogen) atoms. The van der Waals surface area contributed by atoms with Crippen LogP contribution in [-0.4, -0.2) is 43.6 Å². The van der Waals surface area contributed by atoms with Gasteiger partial charge in [0.15, 0.2) is 0 Å². The summed E-state index contributed by atoms with van der Waals surface area (Å²) in [6.07, 6.45) is 4.79. The Labute approximate surface area is 270 Å². The van der Waals surface area contributed by atoms with Crippen LogP contribution in [0.25, 0.3) is 0 Å². The summed E-state index contributed by atoms with van der Waals surface area (Å²) in [5.74, 6) is -2.28. The molecule has 0 fully saturated rings. The van der Waals surface area contributed by atoms with E-state index in [0.717, 1.165) is 20.2 Å². The second-order valence-corrected chi connectivity index (χ2v) is 15.6. The zero-order valence-electron chi connectivity index (χ0n) is 25.2. The smallest absolute Gasteiger partial charge is 0.343 e. The van der Waals surface area contributed by atoms with E-state index < -0.39 is 43.6 Å². The van der Waals surface area contributed by atoms with E-state index in [9.17, 15) is 28.8 Å². The molecule has 0 saturated carbocycles. The summed E-state index contributed by atoms with van der Waals surface area (Å²) < 4.78 is 11.0. The van der Waals surface area contributed by atoms with Crippen molar-refractivity contribution in [1.29, 1.82) is 0 Å². The van der Waals surface area contributed by atoms with Gasteiger partial charge in [0.25, 0.3) is 23.6 Å². The summed E-state index contributed by atoms with van der Waals surface area (Å²) >= 11 is 0. The molecule has 2 heterocycles. The highest BCUT2D eigenvalue weighted by Crippen LogP contribution is 2.24. The van der Waals surface area contributed by atoms with Crippen molar-refractivity contribution in [2.45, 2.75) is 13.1 Å². The molecule has 4 amide bonds. The molecule has 0 radical (unpaired) electrons. The zero-order valence-corrected chi connectivity index (χ0v) is 26.2. The Kier molecular flexibility index (Phi) is 8.06. The zero-order chi connectivity index (χ0) is 33.3. The summed E-state index contributed by atoms with van der Waals surface area (Å²) in [5.41, 5.74) is 1.48. The van der Waals surface area contributed by atoms with Crippen LogP contribution in [0.3, 0.4) is 0 Å². The number of esters is 2. The molecule has 0 aromatic heterocycles. The Morgan fingerprint density at radius 1 is 0.468 bits per heavy atom. The standard InChI is InChI=1S/C36H26N2O8Si/c1-47(2,29-15-3-23(4-16-29)35(43)45-27-11-7-25(8-12-27)37-31(39)19-20-32(37)40)30-17-5-24(6-18-30)36(44)46-28-13-9-26(10-14-28)38-33(41)21-22-34(38)42/h3-22H,1-2H3. The lowest BCUT2D eigenvalue weighted by Gasteiger charge is -2.24. The molecule has 2 aliphatic rings. The second kappa shape index (κ2) is 12.3. The lowest BCUT2D eigenvalue weighted by molar-refractivity contribution is -0.121. The maximum Gasteiger partial charge on any atom is 0.343 e. The first-order valence-corrected chi connectivity index (χ1v) is 17.5. The molecule has 10 nitrogen and oxygen atoms in total. The van der Waals surface area contributed by atoms with E-state index in [1.165, 1.54) is 72.8 Å². The van der Waals surface area contributed by atoms with E-state index >= 15 is 0 Å². The third-order valence-corrected chi connectivity index (χ3v) is 11.5. The molecular formula is C36H26N2O8Si. The van der Waals surface area contributed by atoms with Crippen LogP contribution in [0.15, 0.2) is 121 Å². The predicted molar refractivity (Wildman–Crippen MR) is 176 cm³/mol. The molecule has 232 valence electrons. The van der Waals surface area contributed by atoms with Crippen molar-refractivity contribution in [3.63, 3.8) is 0 Å². The summed E-state index contributed by atoms with van der Waals surface area (Å²) in [6.45, 7) is 4.32. The van der Waals surface area contributed by atoms with Gasteiger partial charge in [-0.15, -0.1) is 0 Å². The van der Waals surface area contributed by atoms with Crippen molar-refractivity contribution in [2.75, 3.05) is 9.80 Å². The molecule has 0 N–H and O–H groups in total. The van der Waals surface area contributed by atoms with Crippen molar-refractivity contribution in [1.82, 2.24) is 0 Å². The highest BCUT2D eigenvalue weighted by Gasteiger charge is 2.28. The van der Waals surface area contributed by atoms with E-state index in [1.807, 2.05) is 24.3 Å². The van der Waals surface area contributed by atoms with Crippen molar-refractivity contribution >= 4 is 65.4 Å². The van der Waals surface area contributed by atoms with Gasteiger partial charge in [-0.3, -0.25) is 19.2 Å². The van der Waals surface area contributed by atoms with E-state index in [0.29, 0.717) is 22.5 Å². The first-order valence-electron chi connectivity index (χ1n) is 14.5. The number of carbonyl (C=O) groups excluding carboxylic acids is 6. The lowest BCUT2D eigenvalue weighted by Crippen LogP contribution is -2.52. The first kappa shape index (κ1) is 30.8. The number of nitrogens with zero attached hydrogens (tertiary/aromatic N) is 2. The molecule has 11 heteroatoms. The molecule has 2 aliphatic heterocycles. The van der Waals surface area contributed by atoms with Crippen LogP contribution < -0.4 is 29.6 Å². The van der Waals surface area contributed by atoms with E-state index in [4.69, 9.17) is 9.47 Å². The Morgan fingerprint density at radius 3 is 1.06 bits per heavy atom. The molecule has 4 aromatic rings. The van der Waals surface area contributed by atoms with E-state index in [2.05, 4.69) is 13.1 Å². The van der Waals surface area contributed by atoms with E-state index in [1.54, 1.807) is 24.3 Å². The van der Waals surface area contributed by atoms with Gasteiger partial charge in [-0.05, 0) is 72.8 Å². The second-order valence-electron chi connectivity index (χ2n) is 11.2. The highest BCUT2D eigenvalue weighted by atomic mass is 28.3. The Morgan fingerprint density at radius 2 is 0.766 bits per heavy atom. The monoisotopic (exact) mass is 642 g/mol. The van der Waals surface area contributed by atoms with Gasteiger partial charge in [0.05, 0.1) is 22.5 Å². The number of carbonyl (C=O) groups is 6.